The van der Waals surface area contributed by atoms with Gasteiger partial charge in [-0.25, -0.2) is 0 Å². The minimum Gasteiger partial charge on any atom is -0.481 e. The molecule has 0 aliphatic rings. The van der Waals surface area contributed by atoms with Gasteiger partial charge in [-0.3, -0.25) is 9.59 Å². The van der Waals surface area contributed by atoms with Crippen molar-refractivity contribution in [1.82, 2.24) is 0 Å². The van der Waals surface area contributed by atoms with E-state index in [1.807, 2.05) is 0 Å². The molecule has 2 rings (SSSR count). The standard InChI is InChI=1S/C18H16F3NO4/c1-11-10-13(22-16(23)8-9-17(24)25)4-7-15(11)26-14-5-2-12(3-6-14)18(19,20)21/h2-7,10H,8-9H2,1H3,(H,22,23)(H,24,25). The van der Waals surface area contributed by atoms with E-state index < -0.39 is 23.6 Å². The van der Waals surface area contributed by atoms with E-state index in [4.69, 9.17) is 9.84 Å². The second-order valence-corrected chi connectivity index (χ2v) is 5.55. The first-order chi connectivity index (χ1) is 12.1. The largest absolute Gasteiger partial charge is 0.481 e. The average Bonchev–Trinajstić information content (AvgIpc) is 2.55. The van der Waals surface area contributed by atoms with Crippen molar-refractivity contribution in [2.24, 2.45) is 0 Å². The molecule has 0 aliphatic heterocycles. The van der Waals surface area contributed by atoms with Crippen LogP contribution in [0.3, 0.4) is 0 Å². The van der Waals surface area contributed by atoms with E-state index in [2.05, 4.69) is 5.32 Å². The highest BCUT2D eigenvalue weighted by Crippen LogP contribution is 2.32. The number of carboxylic acids is 1. The summed E-state index contributed by atoms with van der Waals surface area (Å²) >= 11 is 0. The molecule has 2 aromatic rings. The molecule has 5 nitrogen and oxygen atoms in total. The Morgan fingerprint density at radius 1 is 1.08 bits per heavy atom. The molecular formula is C18H16F3NO4. The van der Waals surface area contributed by atoms with E-state index >= 15 is 0 Å². The van der Waals surface area contributed by atoms with Gasteiger partial charge in [-0.2, -0.15) is 13.2 Å². The van der Waals surface area contributed by atoms with E-state index in [-0.39, 0.29) is 18.6 Å². The fraction of sp³-hybridized carbons (Fsp3) is 0.222. The molecule has 1 amide bonds. The first-order valence-electron chi connectivity index (χ1n) is 7.62. The molecule has 0 atom stereocenters. The molecule has 2 N–H and O–H groups in total. The van der Waals surface area contributed by atoms with Crippen LogP contribution >= 0.6 is 0 Å². The van der Waals surface area contributed by atoms with Gasteiger partial charge in [0.2, 0.25) is 5.91 Å². The molecule has 0 heterocycles. The number of carboxylic acid groups (broad SMARTS) is 1. The highest BCUT2D eigenvalue weighted by Gasteiger charge is 2.30. The molecular weight excluding hydrogens is 351 g/mol. The minimum atomic E-state index is -4.41. The topological polar surface area (TPSA) is 75.6 Å². The summed E-state index contributed by atoms with van der Waals surface area (Å²) in [6.45, 7) is 1.71. The third-order valence-corrected chi connectivity index (χ3v) is 3.43. The lowest BCUT2D eigenvalue weighted by Crippen LogP contribution is -2.13. The Morgan fingerprint density at radius 2 is 1.73 bits per heavy atom. The molecule has 2 aromatic carbocycles. The van der Waals surface area contributed by atoms with Crippen LogP contribution < -0.4 is 10.1 Å². The van der Waals surface area contributed by atoms with Crippen LogP contribution in [-0.2, 0) is 15.8 Å². The number of hydrogen-bond donors (Lipinski definition) is 2. The van der Waals surface area contributed by atoms with Crippen molar-refractivity contribution in [2.45, 2.75) is 25.9 Å². The number of hydrogen-bond acceptors (Lipinski definition) is 3. The zero-order valence-electron chi connectivity index (χ0n) is 13.8. The monoisotopic (exact) mass is 367 g/mol. The number of ether oxygens (including phenoxy) is 1. The first-order valence-corrected chi connectivity index (χ1v) is 7.62. The second kappa shape index (κ2) is 7.90. The molecule has 0 spiro atoms. The van der Waals surface area contributed by atoms with Gasteiger partial charge >= 0.3 is 12.1 Å². The van der Waals surface area contributed by atoms with E-state index in [1.54, 1.807) is 25.1 Å². The van der Waals surface area contributed by atoms with Gasteiger partial charge < -0.3 is 15.2 Å². The van der Waals surface area contributed by atoms with Gasteiger partial charge in [-0.1, -0.05) is 0 Å². The Morgan fingerprint density at radius 3 is 2.27 bits per heavy atom. The number of amides is 1. The normalized spacial score (nSPS) is 11.1. The molecule has 138 valence electrons. The molecule has 0 aromatic heterocycles. The van der Waals surface area contributed by atoms with Crippen LogP contribution in [0, 0.1) is 6.92 Å². The maximum absolute atomic E-state index is 12.6. The molecule has 0 radical (unpaired) electrons. The number of alkyl halides is 3. The second-order valence-electron chi connectivity index (χ2n) is 5.55. The first kappa shape index (κ1) is 19.3. The number of aryl methyl sites for hydroxylation is 1. The van der Waals surface area contributed by atoms with Gasteiger partial charge in [0.1, 0.15) is 11.5 Å². The molecule has 0 bridgehead atoms. The Balaban J connectivity index is 2.03. The molecule has 0 unspecified atom stereocenters. The zero-order chi connectivity index (χ0) is 19.3. The van der Waals surface area contributed by atoms with Crippen LogP contribution in [0.5, 0.6) is 11.5 Å². The molecule has 8 heteroatoms. The van der Waals surface area contributed by atoms with E-state index in [9.17, 15) is 22.8 Å². The van der Waals surface area contributed by atoms with Gasteiger partial charge in [-0.05, 0) is 55.0 Å². The van der Waals surface area contributed by atoms with Crippen LogP contribution in [0.25, 0.3) is 0 Å². The number of aliphatic carboxylic acids is 1. The highest BCUT2D eigenvalue weighted by molar-refractivity contribution is 5.92. The summed E-state index contributed by atoms with van der Waals surface area (Å²) < 4.78 is 43.2. The van der Waals surface area contributed by atoms with Crippen molar-refractivity contribution in [3.63, 3.8) is 0 Å². The van der Waals surface area contributed by atoms with Crippen LogP contribution in [-0.4, -0.2) is 17.0 Å². The summed E-state index contributed by atoms with van der Waals surface area (Å²) in [6, 6.07) is 9.07. The van der Waals surface area contributed by atoms with Gasteiger partial charge in [0.05, 0.1) is 12.0 Å². The molecule has 0 fully saturated rings. The smallest absolute Gasteiger partial charge is 0.416 e. The summed E-state index contributed by atoms with van der Waals surface area (Å²) in [5, 5.41) is 11.1. The van der Waals surface area contributed by atoms with Crippen LogP contribution in [0.1, 0.15) is 24.0 Å². The SMILES string of the molecule is Cc1cc(NC(=O)CCC(=O)O)ccc1Oc1ccc(C(F)(F)F)cc1. The number of benzene rings is 2. The molecule has 26 heavy (non-hydrogen) atoms. The van der Waals surface area contributed by atoms with Crippen molar-refractivity contribution >= 4 is 17.6 Å². The Labute approximate surface area is 147 Å². The Bertz CT molecular complexity index is 801. The third kappa shape index (κ3) is 5.51. The van der Waals surface area contributed by atoms with Crippen molar-refractivity contribution < 1.29 is 32.6 Å². The fourth-order valence-electron chi connectivity index (χ4n) is 2.12. The number of rotatable bonds is 6. The van der Waals surface area contributed by atoms with Gasteiger partial charge in [-0.15, -0.1) is 0 Å². The summed E-state index contributed by atoms with van der Waals surface area (Å²) in [6.07, 6.45) is -4.81. The van der Waals surface area contributed by atoms with Gasteiger partial charge in [0, 0.05) is 12.1 Å². The van der Waals surface area contributed by atoms with E-state index in [0.29, 0.717) is 17.0 Å². The molecule has 0 saturated carbocycles. The Kier molecular flexibility index (Phi) is 5.86. The molecule has 0 aliphatic carbocycles. The quantitative estimate of drug-likeness (QED) is 0.782. The van der Waals surface area contributed by atoms with Crippen molar-refractivity contribution in [1.29, 1.82) is 0 Å². The summed E-state index contributed by atoms with van der Waals surface area (Å²) in [5.74, 6) is -0.813. The van der Waals surface area contributed by atoms with Crippen LogP contribution in [0.15, 0.2) is 42.5 Å². The predicted octanol–water partition coefficient (Wildman–Crippen LogP) is 4.61. The number of carbonyl (C=O) groups excluding carboxylic acids is 1. The lowest BCUT2D eigenvalue weighted by Gasteiger charge is -2.12. The maximum atomic E-state index is 12.6. The predicted molar refractivity (Wildman–Crippen MR) is 88.2 cm³/mol. The lowest BCUT2D eigenvalue weighted by molar-refractivity contribution is -0.138. The third-order valence-electron chi connectivity index (χ3n) is 3.43. The maximum Gasteiger partial charge on any atom is 0.416 e. The van der Waals surface area contributed by atoms with Crippen molar-refractivity contribution in [3.8, 4) is 11.5 Å². The fourth-order valence-corrected chi connectivity index (χ4v) is 2.12. The number of halogens is 3. The average molecular weight is 367 g/mol. The lowest BCUT2D eigenvalue weighted by atomic mass is 10.2. The van der Waals surface area contributed by atoms with Crippen molar-refractivity contribution in [2.75, 3.05) is 5.32 Å². The molecule has 0 saturated heterocycles. The van der Waals surface area contributed by atoms with E-state index in [0.717, 1.165) is 12.1 Å². The minimum absolute atomic E-state index is 0.141. The van der Waals surface area contributed by atoms with Crippen LogP contribution in [0.2, 0.25) is 0 Å². The highest BCUT2D eigenvalue weighted by atomic mass is 19.4. The number of carbonyl (C=O) groups is 2. The Hall–Kier alpha value is -3.03. The van der Waals surface area contributed by atoms with Gasteiger partial charge in [0.25, 0.3) is 0 Å². The summed E-state index contributed by atoms with van der Waals surface area (Å²) in [4.78, 5) is 22.1. The van der Waals surface area contributed by atoms with Crippen LogP contribution in [0.4, 0.5) is 18.9 Å². The number of anilines is 1. The summed E-state index contributed by atoms with van der Waals surface area (Å²) in [7, 11) is 0. The summed E-state index contributed by atoms with van der Waals surface area (Å²) in [5.41, 5.74) is 0.361. The van der Waals surface area contributed by atoms with Crippen molar-refractivity contribution in [3.05, 3.63) is 53.6 Å². The van der Waals surface area contributed by atoms with E-state index in [1.165, 1.54) is 12.1 Å². The van der Waals surface area contributed by atoms with Gasteiger partial charge in [0.15, 0.2) is 0 Å². The zero-order valence-corrected chi connectivity index (χ0v) is 13.8. The number of nitrogens with one attached hydrogen (secondary N) is 1.